The Bertz CT molecular complexity index is 1170. The highest BCUT2D eigenvalue weighted by molar-refractivity contribution is 7.09. The maximum absolute atomic E-state index is 5.42. The van der Waals surface area contributed by atoms with Crippen molar-refractivity contribution in [2.24, 2.45) is 0 Å². The standard InChI is InChI=1S/C25H28N6OS/c1-19-8-10-20(11-9-19)24(25-26-27-28-31(25)18-23-7-4-16-33-23)30-14-12-29(13-15-30)21-5-3-6-22(17-21)32-2/h3-11,16-17,24H,12-15,18H2,1-2H3/t24-/m1/s1. The van der Waals surface area contributed by atoms with E-state index in [4.69, 9.17) is 4.74 Å². The summed E-state index contributed by atoms with van der Waals surface area (Å²) >= 11 is 1.73. The van der Waals surface area contributed by atoms with Gasteiger partial charge in [-0.05, 0) is 46.5 Å². The van der Waals surface area contributed by atoms with E-state index in [0.717, 1.165) is 37.8 Å². The van der Waals surface area contributed by atoms with Crippen LogP contribution in [0.3, 0.4) is 0 Å². The summed E-state index contributed by atoms with van der Waals surface area (Å²) in [5.41, 5.74) is 3.67. The van der Waals surface area contributed by atoms with Crippen molar-refractivity contribution in [3.63, 3.8) is 0 Å². The molecule has 33 heavy (non-hydrogen) atoms. The van der Waals surface area contributed by atoms with Gasteiger partial charge in [0.25, 0.3) is 0 Å². The molecule has 4 aromatic rings. The molecule has 2 aromatic heterocycles. The lowest BCUT2D eigenvalue weighted by atomic mass is 10.0. The van der Waals surface area contributed by atoms with E-state index in [2.05, 4.69) is 86.2 Å². The maximum Gasteiger partial charge on any atom is 0.173 e. The Kier molecular flexibility index (Phi) is 6.37. The van der Waals surface area contributed by atoms with Crippen molar-refractivity contribution < 1.29 is 4.74 Å². The number of aryl methyl sites for hydroxylation is 1. The van der Waals surface area contributed by atoms with Gasteiger partial charge in [0.05, 0.1) is 19.7 Å². The van der Waals surface area contributed by atoms with Gasteiger partial charge in [-0.25, -0.2) is 4.68 Å². The fourth-order valence-corrected chi connectivity index (χ4v) is 5.07. The van der Waals surface area contributed by atoms with Crippen molar-refractivity contribution >= 4 is 17.0 Å². The Morgan fingerprint density at radius 3 is 2.55 bits per heavy atom. The van der Waals surface area contributed by atoms with E-state index >= 15 is 0 Å². The average molecular weight is 461 g/mol. The number of anilines is 1. The highest BCUT2D eigenvalue weighted by atomic mass is 32.1. The molecule has 0 aliphatic carbocycles. The van der Waals surface area contributed by atoms with Gasteiger partial charge in [-0.2, -0.15) is 0 Å². The first kappa shape index (κ1) is 21.6. The number of tetrazole rings is 1. The summed E-state index contributed by atoms with van der Waals surface area (Å²) < 4.78 is 7.37. The number of nitrogens with zero attached hydrogens (tertiary/aromatic N) is 6. The molecule has 1 aliphatic rings. The lowest BCUT2D eigenvalue weighted by molar-refractivity contribution is 0.201. The SMILES string of the molecule is COc1cccc(N2CCN([C@H](c3ccc(C)cc3)c3nnnn3Cc3cccs3)CC2)c1. The van der Waals surface area contributed by atoms with Gasteiger partial charge in [-0.15, -0.1) is 16.4 Å². The predicted octanol–water partition coefficient (Wildman–Crippen LogP) is 4.01. The number of hydrogen-bond donors (Lipinski definition) is 0. The zero-order valence-electron chi connectivity index (χ0n) is 19.0. The Hall–Kier alpha value is -3.23. The Morgan fingerprint density at radius 2 is 1.82 bits per heavy atom. The number of thiophene rings is 1. The minimum atomic E-state index is 0.00743. The van der Waals surface area contributed by atoms with Crippen LogP contribution in [0.5, 0.6) is 5.75 Å². The largest absolute Gasteiger partial charge is 0.497 e. The molecule has 0 bridgehead atoms. The summed E-state index contributed by atoms with van der Waals surface area (Å²) in [6.45, 7) is 6.51. The predicted molar refractivity (Wildman–Crippen MR) is 131 cm³/mol. The van der Waals surface area contributed by atoms with Gasteiger partial charge < -0.3 is 9.64 Å². The highest BCUT2D eigenvalue weighted by Gasteiger charge is 2.31. The lowest BCUT2D eigenvalue weighted by Gasteiger charge is -2.40. The second-order valence-corrected chi connectivity index (χ2v) is 9.34. The first-order chi connectivity index (χ1) is 16.2. The van der Waals surface area contributed by atoms with Gasteiger partial charge in [-0.3, -0.25) is 4.90 Å². The number of methoxy groups -OCH3 is 1. The molecule has 0 unspecified atom stereocenters. The molecule has 8 heteroatoms. The summed E-state index contributed by atoms with van der Waals surface area (Å²) in [7, 11) is 1.71. The summed E-state index contributed by atoms with van der Waals surface area (Å²) in [6.07, 6.45) is 0. The third kappa shape index (κ3) is 4.77. The average Bonchev–Trinajstić information content (AvgIpc) is 3.54. The molecule has 1 aliphatic heterocycles. The summed E-state index contributed by atoms with van der Waals surface area (Å²) in [5.74, 6) is 1.78. The molecule has 170 valence electrons. The van der Waals surface area contributed by atoms with Crippen LogP contribution in [0, 0.1) is 6.92 Å². The monoisotopic (exact) mass is 460 g/mol. The van der Waals surface area contributed by atoms with Gasteiger partial charge >= 0.3 is 0 Å². The third-order valence-electron chi connectivity index (χ3n) is 6.18. The molecule has 1 fully saturated rings. The zero-order chi connectivity index (χ0) is 22.6. The van der Waals surface area contributed by atoms with E-state index in [-0.39, 0.29) is 6.04 Å². The second-order valence-electron chi connectivity index (χ2n) is 8.31. The van der Waals surface area contributed by atoms with Crippen LogP contribution >= 0.6 is 11.3 Å². The van der Waals surface area contributed by atoms with Crippen LogP contribution in [-0.2, 0) is 6.54 Å². The van der Waals surface area contributed by atoms with Crippen LogP contribution < -0.4 is 9.64 Å². The van der Waals surface area contributed by atoms with Gasteiger partial charge in [0.15, 0.2) is 5.82 Å². The summed E-state index contributed by atoms with van der Waals surface area (Å²) in [6, 6.07) is 21.2. The molecule has 0 radical (unpaired) electrons. The van der Waals surface area contributed by atoms with Crippen molar-refractivity contribution in [3.05, 3.63) is 87.9 Å². The summed E-state index contributed by atoms with van der Waals surface area (Å²) in [5, 5.41) is 15.0. The topological polar surface area (TPSA) is 59.3 Å². The maximum atomic E-state index is 5.42. The minimum Gasteiger partial charge on any atom is -0.497 e. The molecule has 0 spiro atoms. The first-order valence-corrected chi connectivity index (χ1v) is 12.1. The number of ether oxygens (including phenoxy) is 1. The molecule has 3 heterocycles. The molecule has 0 N–H and O–H groups in total. The van der Waals surface area contributed by atoms with Gasteiger partial charge in [0.1, 0.15) is 5.75 Å². The fraction of sp³-hybridized carbons (Fsp3) is 0.320. The van der Waals surface area contributed by atoms with E-state index in [0.29, 0.717) is 6.54 Å². The third-order valence-corrected chi connectivity index (χ3v) is 7.04. The van der Waals surface area contributed by atoms with Crippen molar-refractivity contribution in [3.8, 4) is 5.75 Å². The quantitative estimate of drug-likeness (QED) is 0.415. The number of piperazine rings is 1. The van der Waals surface area contributed by atoms with E-state index in [1.807, 2.05) is 16.8 Å². The molecule has 2 aromatic carbocycles. The number of rotatable bonds is 7. The van der Waals surface area contributed by atoms with Crippen LogP contribution in [0.4, 0.5) is 5.69 Å². The van der Waals surface area contributed by atoms with E-state index in [1.165, 1.54) is 21.7 Å². The van der Waals surface area contributed by atoms with Crippen molar-refractivity contribution in [2.45, 2.75) is 19.5 Å². The first-order valence-electron chi connectivity index (χ1n) is 11.2. The molecular formula is C25H28N6OS. The molecule has 5 rings (SSSR count). The van der Waals surface area contributed by atoms with Crippen molar-refractivity contribution in [1.29, 1.82) is 0 Å². The number of aromatic nitrogens is 4. The van der Waals surface area contributed by atoms with Gasteiger partial charge in [0.2, 0.25) is 0 Å². The molecule has 0 amide bonds. The highest BCUT2D eigenvalue weighted by Crippen LogP contribution is 2.30. The van der Waals surface area contributed by atoms with Gasteiger partial charge in [0, 0.05) is 42.8 Å². The van der Waals surface area contributed by atoms with Crippen LogP contribution in [0.25, 0.3) is 0 Å². The van der Waals surface area contributed by atoms with E-state index in [9.17, 15) is 0 Å². The Labute approximate surface area is 198 Å². The summed E-state index contributed by atoms with van der Waals surface area (Å²) in [4.78, 5) is 6.16. The second kappa shape index (κ2) is 9.72. The normalized spacial score (nSPS) is 15.5. The fourth-order valence-electron chi connectivity index (χ4n) is 4.39. The smallest absolute Gasteiger partial charge is 0.173 e. The van der Waals surface area contributed by atoms with Crippen molar-refractivity contribution in [1.82, 2.24) is 25.1 Å². The Morgan fingerprint density at radius 1 is 1.00 bits per heavy atom. The zero-order valence-corrected chi connectivity index (χ0v) is 19.8. The van der Waals surface area contributed by atoms with Crippen LogP contribution in [0.1, 0.15) is 27.9 Å². The van der Waals surface area contributed by atoms with E-state index < -0.39 is 0 Å². The molecule has 1 saturated heterocycles. The van der Waals surface area contributed by atoms with Crippen LogP contribution in [-0.4, -0.2) is 58.4 Å². The van der Waals surface area contributed by atoms with Gasteiger partial charge in [-0.1, -0.05) is 42.0 Å². The molecular weight excluding hydrogens is 432 g/mol. The van der Waals surface area contributed by atoms with Crippen molar-refractivity contribution in [2.75, 3.05) is 38.2 Å². The molecule has 1 atom stereocenters. The minimum absolute atomic E-state index is 0.00743. The van der Waals surface area contributed by atoms with Crippen LogP contribution in [0.2, 0.25) is 0 Å². The Balaban J connectivity index is 1.41. The molecule has 7 nitrogen and oxygen atoms in total. The van der Waals surface area contributed by atoms with E-state index in [1.54, 1.807) is 18.4 Å². The number of benzene rings is 2. The number of hydrogen-bond acceptors (Lipinski definition) is 7. The lowest BCUT2D eigenvalue weighted by Crippen LogP contribution is -2.48. The molecule has 0 saturated carbocycles. The van der Waals surface area contributed by atoms with Crippen LogP contribution in [0.15, 0.2) is 66.0 Å².